The number of hydrogen-bond acceptors (Lipinski definition) is 6. The fourth-order valence-electron chi connectivity index (χ4n) is 6.12. The summed E-state index contributed by atoms with van der Waals surface area (Å²) in [6.45, 7) is 6.52. The van der Waals surface area contributed by atoms with Gasteiger partial charge in [-0.25, -0.2) is 0 Å². The van der Waals surface area contributed by atoms with E-state index in [1.54, 1.807) is 0 Å². The fraction of sp³-hybridized carbons (Fsp3) is 0.809. The van der Waals surface area contributed by atoms with Crippen molar-refractivity contribution in [1.29, 1.82) is 0 Å². The zero-order chi connectivity index (χ0) is 38.7. The molecule has 53 heavy (non-hydrogen) atoms. The smallest absolute Gasteiger partial charge is 0.306 e. The molecule has 0 saturated carbocycles. The van der Waals surface area contributed by atoms with E-state index in [2.05, 4.69) is 57.2 Å². The van der Waals surface area contributed by atoms with Crippen LogP contribution >= 0.6 is 0 Å². The Morgan fingerprint density at radius 1 is 0.358 bits per heavy atom. The van der Waals surface area contributed by atoms with Crippen LogP contribution in [0.5, 0.6) is 0 Å². The van der Waals surface area contributed by atoms with Crippen LogP contribution in [-0.4, -0.2) is 37.2 Å². The van der Waals surface area contributed by atoms with E-state index in [9.17, 15) is 14.4 Å². The molecule has 0 bridgehead atoms. The van der Waals surface area contributed by atoms with E-state index in [0.29, 0.717) is 19.3 Å². The van der Waals surface area contributed by atoms with Crippen molar-refractivity contribution in [1.82, 2.24) is 0 Å². The molecule has 0 fully saturated rings. The molecular weight excluding hydrogens is 661 g/mol. The van der Waals surface area contributed by atoms with E-state index in [0.717, 1.165) is 83.5 Å². The monoisotopic (exact) mass is 745 g/mol. The molecular formula is C47H84O6. The Balaban J connectivity index is 4.41. The van der Waals surface area contributed by atoms with Gasteiger partial charge in [-0.1, -0.05) is 154 Å². The normalized spacial score (nSPS) is 12.3. The Morgan fingerprint density at radius 2 is 0.642 bits per heavy atom. The minimum absolute atomic E-state index is 0.0820. The van der Waals surface area contributed by atoms with E-state index < -0.39 is 6.10 Å². The third-order valence-corrected chi connectivity index (χ3v) is 9.59. The highest BCUT2D eigenvalue weighted by atomic mass is 16.6. The molecule has 0 radical (unpaired) electrons. The summed E-state index contributed by atoms with van der Waals surface area (Å²) in [6, 6.07) is 0. The van der Waals surface area contributed by atoms with Crippen LogP contribution in [-0.2, 0) is 28.6 Å². The van der Waals surface area contributed by atoms with Crippen molar-refractivity contribution >= 4 is 17.9 Å². The van der Waals surface area contributed by atoms with Gasteiger partial charge in [-0.15, -0.1) is 0 Å². The molecule has 0 aromatic carbocycles. The first-order valence-corrected chi connectivity index (χ1v) is 22.5. The van der Waals surface area contributed by atoms with Gasteiger partial charge >= 0.3 is 17.9 Å². The summed E-state index contributed by atoms with van der Waals surface area (Å²) in [5.74, 6) is -0.910. The third-order valence-electron chi connectivity index (χ3n) is 9.59. The van der Waals surface area contributed by atoms with Crippen LogP contribution in [0.15, 0.2) is 36.5 Å². The van der Waals surface area contributed by atoms with Crippen LogP contribution in [0, 0.1) is 0 Å². The van der Waals surface area contributed by atoms with E-state index >= 15 is 0 Å². The Kier molecular flexibility index (Phi) is 40.5. The predicted octanol–water partition coefficient (Wildman–Crippen LogP) is 14.2. The molecule has 0 aliphatic rings. The Morgan fingerprint density at radius 3 is 1.00 bits per heavy atom. The molecule has 0 N–H and O–H groups in total. The lowest BCUT2D eigenvalue weighted by molar-refractivity contribution is -0.167. The van der Waals surface area contributed by atoms with Gasteiger partial charge in [0.25, 0.3) is 0 Å². The molecule has 6 heteroatoms. The van der Waals surface area contributed by atoms with Gasteiger partial charge in [0.15, 0.2) is 6.10 Å². The number of carbonyl (C=O) groups is 3. The molecule has 0 spiro atoms. The number of carbonyl (C=O) groups excluding carboxylic acids is 3. The summed E-state index contributed by atoms with van der Waals surface area (Å²) in [4.78, 5) is 37.7. The second-order valence-corrected chi connectivity index (χ2v) is 14.9. The van der Waals surface area contributed by atoms with Crippen molar-refractivity contribution in [3.8, 4) is 0 Å². The zero-order valence-electron chi connectivity index (χ0n) is 35.0. The van der Waals surface area contributed by atoms with Crippen molar-refractivity contribution in [3.05, 3.63) is 36.5 Å². The fourth-order valence-corrected chi connectivity index (χ4v) is 6.12. The maximum atomic E-state index is 12.7. The summed E-state index contributed by atoms with van der Waals surface area (Å²) in [5.41, 5.74) is 0. The number of rotatable bonds is 40. The van der Waals surface area contributed by atoms with Crippen molar-refractivity contribution in [2.75, 3.05) is 13.2 Å². The van der Waals surface area contributed by atoms with Crippen molar-refractivity contribution in [3.63, 3.8) is 0 Å². The molecule has 0 aromatic rings. The molecule has 0 rings (SSSR count). The van der Waals surface area contributed by atoms with Crippen LogP contribution in [0.4, 0.5) is 0 Å². The lowest BCUT2D eigenvalue weighted by atomic mass is 10.1. The molecule has 0 amide bonds. The highest BCUT2D eigenvalue weighted by Gasteiger charge is 2.19. The van der Waals surface area contributed by atoms with Crippen LogP contribution in [0.2, 0.25) is 0 Å². The van der Waals surface area contributed by atoms with Gasteiger partial charge in [0.2, 0.25) is 0 Å². The number of allylic oxidation sites excluding steroid dienone is 6. The van der Waals surface area contributed by atoms with E-state index in [-0.39, 0.29) is 31.1 Å². The Labute approximate surface area is 327 Å². The minimum atomic E-state index is -0.778. The molecule has 0 aliphatic carbocycles. The topological polar surface area (TPSA) is 78.9 Å². The van der Waals surface area contributed by atoms with Crippen molar-refractivity contribution in [2.45, 2.75) is 232 Å². The lowest BCUT2D eigenvalue weighted by Crippen LogP contribution is -2.30. The summed E-state index contributed by atoms with van der Waals surface area (Å²) >= 11 is 0. The first kappa shape index (κ1) is 50.6. The number of unbranched alkanes of at least 4 members (excludes halogenated alkanes) is 23. The van der Waals surface area contributed by atoms with Gasteiger partial charge in [0.05, 0.1) is 0 Å². The summed E-state index contributed by atoms with van der Waals surface area (Å²) < 4.78 is 16.7. The molecule has 0 heterocycles. The second-order valence-electron chi connectivity index (χ2n) is 14.9. The quantitative estimate of drug-likeness (QED) is 0.0269. The predicted molar refractivity (Wildman–Crippen MR) is 224 cm³/mol. The van der Waals surface area contributed by atoms with Gasteiger partial charge in [0, 0.05) is 19.3 Å². The SMILES string of the molecule is CCCC/C=C\CCCCCCCC(=O)OCC(COC(=O)CCCCCCC/C=C\CCCCC)OC(=O)CCCCCCC/C=C\CCCCC. The van der Waals surface area contributed by atoms with Gasteiger partial charge in [-0.3, -0.25) is 14.4 Å². The Bertz CT molecular complexity index is 907. The van der Waals surface area contributed by atoms with Gasteiger partial charge in [0.1, 0.15) is 13.2 Å². The molecule has 1 atom stereocenters. The molecule has 0 saturated heterocycles. The highest BCUT2D eigenvalue weighted by Crippen LogP contribution is 2.13. The van der Waals surface area contributed by atoms with Crippen LogP contribution < -0.4 is 0 Å². The number of ether oxygens (including phenoxy) is 3. The van der Waals surface area contributed by atoms with E-state index in [4.69, 9.17) is 14.2 Å². The van der Waals surface area contributed by atoms with Gasteiger partial charge in [-0.05, 0) is 89.9 Å². The molecule has 308 valence electrons. The first-order chi connectivity index (χ1) is 26.0. The van der Waals surface area contributed by atoms with Crippen LogP contribution in [0.25, 0.3) is 0 Å². The second kappa shape index (κ2) is 42.4. The summed E-state index contributed by atoms with van der Waals surface area (Å²) in [7, 11) is 0. The third kappa shape index (κ3) is 40.6. The molecule has 6 nitrogen and oxygen atoms in total. The summed E-state index contributed by atoms with van der Waals surface area (Å²) in [5, 5.41) is 0. The number of hydrogen-bond donors (Lipinski definition) is 0. The molecule has 0 aromatic heterocycles. The first-order valence-electron chi connectivity index (χ1n) is 22.5. The average Bonchev–Trinajstić information content (AvgIpc) is 3.15. The number of esters is 3. The maximum Gasteiger partial charge on any atom is 0.306 e. The van der Waals surface area contributed by atoms with E-state index in [1.165, 1.54) is 103 Å². The van der Waals surface area contributed by atoms with Crippen LogP contribution in [0.1, 0.15) is 226 Å². The Hall–Kier alpha value is -2.37. The summed E-state index contributed by atoms with van der Waals surface area (Å²) in [6.07, 6.45) is 46.9. The average molecular weight is 745 g/mol. The van der Waals surface area contributed by atoms with E-state index in [1.807, 2.05) is 0 Å². The van der Waals surface area contributed by atoms with Gasteiger partial charge in [-0.2, -0.15) is 0 Å². The van der Waals surface area contributed by atoms with Crippen LogP contribution in [0.3, 0.4) is 0 Å². The molecule has 1 unspecified atom stereocenters. The van der Waals surface area contributed by atoms with Crippen molar-refractivity contribution < 1.29 is 28.6 Å². The highest BCUT2D eigenvalue weighted by molar-refractivity contribution is 5.71. The zero-order valence-corrected chi connectivity index (χ0v) is 35.0. The maximum absolute atomic E-state index is 12.7. The lowest BCUT2D eigenvalue weighted by Gasteiger charge is -2.18. The minimum Gasteiger partial charge on any atom is -0.462 e. The van der Waals surface area contributed by atoms with Gasteiger partial charge < -0.3 is 14.2 Å². The van der Waals surface area contributed by atoms with Crippen molar-refractivity contribution in [2.24, 2.45) is 0 Å². The standard InChI is InChI=1S/C47H84O6/c1-4-7-10-13-16-19-22-25-28-31-34-37-40-46(49)52-43-44(42-51-45(48)39-36-33-30-27-24-21-18-15-12-9-6-3)53-47(50)41-38-35-32-29-26-23-20-17-14-11-8-5-2/h15-20,44H,4-14,21-43H2,1-3H3/b18-15-,19-16-,20-17-. The largest absolute Gasteiger partial charge is 0.462 e. The molecule has 0 aliphatic heterocycles.